The van der Waals surface area contributed by atoms with Crippen LogP contribution in [0.15, 0.2) is 24.3 Å². The second-order valence-corrected chi connectivity index (χ2v) is 5.86. The van der Waals surface area contributed by atoms with Crippen LogP contribution in [0, 0.1) is 5.92 Å². The van der Waals surface area contributed by atoms with Gasteiger partial charge in [-0.15, -0.1) is 0 Å². The Kier molecular flexibility index (Phi) is 6.31. The Labute approximate surface area is 129 Å². The predicted octanol–water partition coefficient (Wildman–Crippen LogP) is -0.249. The van der Waals surface area contributed by atoms with E-state index in [0.717, 1.165) is 37.1 Å². The smallest absolute Gasteiger partial charge is 1.00 e. The van der Waals surface area contributed by atoms with Crippen LogP contribution >= 0.6 is 0 Å². The fourth-order valence-corrected chi connectivity index (χ4v) is 3.18. The first-order chi connectivity index (χ1) is 9.06. The third-order valence-corrected chi connectivity index (χ3v) is 4.19. The molecular formula is C16H26ClNO2. The van der Waals surface area contributed by atoms with Crippen LogP contribution in [0.25, 0.3) is 0 Å². The third-order valence-electron chi connectivity index (χ3n) is 4.19. The molecule has 0 saturated heterocycles. The first-order valence-corrected chi connectivity index (χ1v) is 7.08. The molecule has 3 nitrogen and oxygen atoms in total. The van der Waals surface area contributed by atoms with Gasteiger partial charge in [0, 0.05) is 12.5 Å². The van der Waals surface area contributed by atoms with Crippen LogP contribution < -0.4 is 17.1 Å². The summed E-state index contributed by atoms with van der Waals surface area (Å²) in [5, 5.41) is 11.2. The number of aliphatic hydroxyl groups is 1. The second-order valence-electron chi connectivity index (χ2n) is 5.86. The number of ether oxygens (including phenoxy) is 1. The first-order valence-electron chi connectivity index (χ1n) is 7.08. The molecule has 2 atom stereocenters. The van der Waals surface area contributed by atoms with Gasteiger partial charge in [-0.25, -0.2) is 0 Å². The van der Waals surface area contributed by atoms with E-state index in [2.05, 4.69) is 19.0 Å². The van der Waals surface area contributed by atoms with Crippen LogP contribution in [-0.2, 0) is 5.60 Å². The van der Waals surface area contributed by atoms with Crippen LogP contribution in [0.5, 0.6) is 5.75 Å². The summed E-state index contributed by atoms with van der Waals surface area (Å²) in [7, 11) is 5.81. The molecule has 1 aromatic carbocycles. The molecule has 1 aromatic rings. The monoisotopic (exact) mass is 299 g/mol. The molecule has 1 N–H and O–H groups in total. The second kappa shape index (κ2) is 7.30. The van der Waals surface area contributed by atoms with E-state index in [4.69, 9.17) is 4.74 Å². The largest absolute Gasteiger partial charge is 1.00 e. The van der Waals surface area contributed by atoms with E-state index in [-0.39, 0.29) is 13.8 Å². The topological polar surface area (TPSA) is 32.7 Å². The van der Waals surface area contributed by atoms with Gasteiger partial charge < -0.3 is 27.2 Å². The molecule has 0 aromatic heterocycles. The van der Waals surface area contributed by atoms with Crippen molar-refractivity contribution in [1.29, 1.82) is 0 Å². The molecule has 114 valence electrons. The maximum atomic E-state index is 11.2. The van der Waals surface area contributed by atoms with Crippen molar-refractivity contribution in [3.05, 3.63) is 29.8 Å². The van der Waals surface area contributed by atoms with Gasteiger partial charge in [-0.2, -0.15) is 0 Å². The Morgan fingerprint density at radius 1 is 1.40 bits per heavy atom. The molecule has 20 heavy (non-hydrogen) atoms. The summed E-state index contributed by atoms with van der Waals surface area (Å²) >= 11 is 0. The fraction of sp³-hybridized carbons (Fsp3) is 0.625. The van der Waals surface area contributed by atoms with E-state index in [1.54, 1.807) is 7.11 Å². The van der Waals surface area contributed by atoms with Gasteiger partial charge in [0.1, 0.15) is 5.75 Å². The molecule has 1 aliphatic rings. The molecule has 0 radical (unpaired) electrons. The number of methoxy groups -OCH3 is 1. The van der Waals surface area contributed by atoms with E-state index < -0.39 is 5.60 Å². The van der Waals surface area contributed by atoms with E-state index in [9.17, 15) is 5.11 Å². The number of hydrogen-bond acceptors (Lipinski definition) is 3. The lowest BCUT2D eigenvalue weighted by molar-refractivity contribution is -0.0619. The van der Waals surface area contributed by atoms with Crippen molar-refractivity contribution in [2.75, 3.05) is 27.7 Å². The molecule has 2 rings (SSSR count). The van der Waals surface area contributed by atoms with Crippen molar-refractivity contribution in [3.8, 4) is 5.75 Å². The van der Waals surface area contributed by atoms with E-state index >= 15 is 0 Å². The van der Waals surface area contributed by atoms with Gasteiger partial charge in [0.05, 0.1) is 12.7 Å². The lowest BCUT2D eigenvalue weighted by atomic mass is 9.71. The molecule has 1 aliphatic carbocycles. The van der Waals surface area contributed by atoms with Crippen LogP contribution in [0.1, 0.15) is 32.7 Å². The zero-order valence-electron chi connectivity index (χ0n) is 13.6. The molecule has 1 fully saturated rings. The Hall–Kier alpha value is -0.770. The van der Waals surface area contributed by atoms with Crippen molar-refractivity contribution >= 4 is 0 Å². The van der Waals surface area contributed by atoms with Crippen LogP contribution in [-0.4, -0.2) is 37.8 Å². The zero-order chi connectivity index (χ0) is 13.9. The highest BCUT2D eigenvalue weighted by Gasteiger charge is 2.40. The van der Waals surface area contributed by atoms with Gasteiger partial charge >= 0.3 is 1.43 Å². The minimum Gasteiger partial charge on any atom is -1.00 e. The van der Waals surface area contributed by atoms with Gasteiger partial charge in [-0.1, -0.05) is 25.0 Å². The fourth-order valence-electron chi connectivity index (χ4n) is 3.18. The number of rotatable bonds is 4. The molecule has 0 bridgehead atoms. The van der Waals surface area contributed by atoms with Gasteiger partial charge in [0.25, 0.3) is 0 Å². The molecule has 0 unspecified atom stereocenters. The van der Waals surface area contributed by atoms with Crippen LogP contribution in [0.2, 0.25) is 0 Å². The maximum Gasteiger partial charge on any atom is 1.00 e. The number of hydrogen-bond donors (Lipinski definition) is 1. The van der Waals surface area contributed by atoms with Gasteiger partial charge in [-0.3, -0.25) is 0 Å². The van der Waals surface area contributed by atoms with Crippen molar-refractivity contribution in [1.82, 2.24) is 4.90 Å². The molecule has 0 spiro atoms. The van der Waals surface area contributed by atoms with Crippen molar-refractivity contribution in [3.63, 3.8) is 0 Å². The van der Waals surface area contributed by atoms with Crippen LogP contribution in [0.3, 0.4) is 0 Å². The summed E-state index contributed by atoms with van der Waals surface area (Å²) in [6.07, 6.45) is 4.24. The lowest BCUT2D eigenvalue weighted by Gasteiger charge is -2.41. The van der Waals surface area contributed by atoms with Crippen molar-refractivity contribution in [2.24, 2.45) is 5.92 Å². The molecule has 0 heterocycles. The van der Waals surface area contributed by atoms with Crippen LogP contribution in [0.4, 0.5) is 0 Å². The minimum absolute atomic E-state index is 0. The summed E-state index contributed by atoms with van der Waals surface area (Å²) in [6, 6.07) is 7.90. The van der Waals surface area contributed by atoms with E-state index in [1.807, 2.05) is 24.3 Å². The molecule has 0 aliphatic heterocycles. The molecule has 0 amide bonds. The summed E-state index contributed by atoms with van der Waals surface area (Å²) in [5.74, 6) is 1.11. The predicted molar refractivity (Wildman–Crippen MR) is 78.5 cm³/mol. The average Bonchev–Trinajstić information content (AvgIpc) is 2.41. The van der Waals surface area contributed by atoms with Crippen molar-refractivity contribution in [2.45, 2.75) is 31.3 Å². The molecule has 1 saturated carbocycles. The SMILES string of the molecule is COc1cccc([C@@]2(O)CCCC[C@@H]2CN(C)C)c1.[Cl-].[H+]. The highest BCUT2D eigenvalue weighted by atomic mass is 35.5. The normalized spacial score (nSPS) is 26.1. The average molecular weight is 300 g/mol. The summed E-state index contributed by atoms with van der Waals surface area (Å²) in [5.41, 5.74) is 0.287. The molecule has 4 heteroatoms. The molecular weight excluding hydrogens is 274 g/mol. The minimum atomic E-state index is -0.711. The lowest BCUT2D eigenvalue weighted by Crippen LogP contribution is -3.00. The maximum absolute atomic E-state index is 11.2. The highest BCUT2D eigenvalue weighted by Crippen LogP contribution is 2.42. The Bertz CT molecular complexity index is 430. The van der Waals surface area contributed by atoms with E-state index in [0.29, 0.717) is 5.92 Å². The van der Waals surface area contributed by atoms with Crippen molar-refractivity contribution < 1.29 is 23.7 Å². The standard InChI is InChI=1S/C16H25NO2.ClH/c1-17(2)12-14-7-4-5-10-16(14,18)13-8-6-9-15(11-13)19-3;/h6,8-9,11,14,18H,4-5,7,10,12H2,1-3H3;1H/t14-,16+;/m1./s1. The number of halogens is 1. The number of nitrogens with zero attached hydrogens (tertiary/aromatic N) is 1. The highest BCUT2D eigenvalue weighted by molar-refractivity contribution is 5.33. The van der Waals surface area contributed by atoms with Gasteiger partial charge in [0.15, 0.2) is 0 Å². The Balaban J connectivity index is 0.00000200. The van der Waals surface area contributed by atoms with E-state index in [1.165, 1.54) is 6.42 Å². The first kappa shape index (κ1) is 17.3. The zero-order valence-corrected chi connectivity index (χ0v) is 13.4. The summed E-state index contributed by atoms with van der Waals surface area (Å²) < 4.78 is 5.29. The number of benzene rings is 1. The third kappa shape index (κ3) is 3.66. The summed E-state index contributed by atoms with van der Waals surface area (Å²) in [4.78, 5) is 2.17. The Morgan fingerprint density at radius 2 is 2.15 bits per heavy atom. The van der Waals surface area contributed by atoms with Gasteiger partial charge in [-0.05, 0) is 44.6 Å². The summed E-state index contributed by atoms with van der Waals surface area (Å²) in [6.45, 7) is 0.924. The Morgan fingerprint density at radius 3 is 2.80 bits per heavy atom. The van der Waals surface area contributed by atoms with Gasteiger partial charge in [0.2, 0.25) is 0 Å². The quantitative estimate of drug-likeness (QED) is 0.832.